The van der Waals surface area contributed by atoms with E-state index in [4.69, 9.17) is 16.3 Å². The van der Waals surface area contributed by atoms with Crippen LogP contribution >= 0.6 is 11.6 Å². The molecule has 3 aromatic rings. The average Bonchev–Trinajstić information content (AvgIpc) is 2.86. The molecule has 0 aliphatic heterocycles. The van der Waals surface area contributed by atoms with Crippen LogP contribution in [0.1, 0.15) is 29.3 Å². The molecule has 0 bridgehead atoms. The lowest BCUT2D eigenvalue weighted by Crippen LogP contribution is -2.38. The van der Waals surface area contributed by atoms with Gasteiger partial charge in [0.15, 0.2) is 0 Å². The third-order valence-corrected chi connectivity index (χ3v) is 7.38. The molecule has 190 valence electrons. The monoisotopic (exact) mass is 529 g/mol. The summed E-state index contributed by atoms with van der Waals surface area (Å²) >= 11 is 6.26. The number of para-hydroxylation sites is 1. The number of halogens is 1. The first kappa shape index (κ1) is 27.0. The van der Waals surface area contributed by atoms with Crippen molar-refractivity contribution in [3.63, 3.8) is 0 Å². The van der Waals surface area contributed by atoms with E-state index >= 15 is 0 Å². The van der Waals surface area contributed by atoms with E-state index in [1.165, 1.54) is 37.4 Å². The van der Waals surface area contributed by atoms with Crippen LogP contribution in [0, 0.1) is 6.92 Å². The van der Waals surface area contributed by atoms with Gasteiger partial charge in [0.25, 0.3) is 15.9 Å². The number of aryl methyl sites for hydroxylation is 1. The van der Waals surface area contributed by atoms with Gasteiger partial charge >= 0.3 is 0 Å². The Hall–Kier alpha value is -3.56. The summed E-state index contributed by atoms with van der Waals surface area (Å²) in [5.74, 6) is -0.600. The minimum atomic E-state index is -4.14. The van der Waals surface area contributed by atoms with Crippen LogP contribution < -0.4 is 19.7 Å². The van der Waals surface area contributed by atoms with Gasteiger partial charge in [0, 0.05) is 6.54 Å². The van der Waals surface area contributed by atoms with Crippen LogP contribution in [-0.2, 0) is 14.8 Å². The van der Waals surface area contributed by atoms with Crippen molar-refractivity contribution >= 4 is 44.8 Å². The lowest BCUT2D eigenvalue weighted by molar-refractivity contribution is -0.114. The first-order valence-corrected chi connectivity index (χ1v) is 13.1. The first-order valence-electron chi connectivity index (χ1n) is 11.3. The zero-order chi connectivity index (χ0) is 26.3. The molecule has 0 aliphatic carbocycles. The molecule has 0 atom stereocenters. The molecule has 2 N–H and O–H groups in total. The highest BCUT2D eigenvalue weighted by Crippen LogP contribution is 2.32. The summed E-state index contributed by atoms with van der Waals surface area (Å²) in [7, 11) is -2.69. The minimum Gasteiger partial charge on any atom is -0.495 e. The molecule has 0 aromatic heterocycles. The zero-order valence-electron chi connectivity index (χ0n) is 20.2. The van der Waals surface area contributed by atoms with Crippen molar-refractivity contribution < 1.29 is 22.7 Å². The third-order valence-electron chi connectivity index (χ3n) is 5.30. The average molecular weight is 530 g/mol. The molecule has 3 rings (SSSR count). The molecule has 0 unspecified atom stereocenters. The van der Waals surface area contributed by atoms with Crippen LogP contribution in [0.5, 0.6) is 5.75 Å². The van der Waals surface area contributed by atoms with Gasteiger partial charge in [0.05, 0.1) is 34.0 Å². The van der Waals surface area contributed by atoms with Crippen LogP contribution in [0.2, 0.25) is 5.02 Å². The summed E-state index contributed by atoms with van der Waals surface area (Å²) in [6, 6.07) is 17.3. The molecule has 0 saturated heterocycles. The predicted octanol–water partition coefficient (Wildman–Crippen LogP) is 4.63. The Kier molecular flexibility index (Phi) is 8.95. The molecule has 3 aromatic carbocycles. The van der Waals surface area contributed by atoms with E-state index in [9.17, 15) is 18.0 Å². The smallest absolute Gasteiger partial charge is 0.264 e. The van der Waals surface area contributed by atoms with Crippen molar-refractivity contribution in [2.24, 2.45) is 0 Å². The second-order valence-corrected chi connectivity index (χ2v) is 10.3. The first-order chi connectivity index (χ1) is 17.2. The number of carbonyl (C=O) groups excluding carboxylic acids is 2. The largest absolute Gasteiger partial charge is 0.495 e. The Morgan fingerprint density at radius 3 is 2.36 bits per heavy atom. The number of ether oxygens (including phenoxy) is 1. The van der Waals surface area contributed by atoms with E-state index in [2.05, 4.69) is 10.6 Å². The number of nitrogens with zero attached hydrogens (tertiary/aromatic N) is 1. The molecule has 0 heterocycles. The molecule has 36 heavy (non-hydrogen) atoms. The van der Waals surface area contributed by atoms with Crippen LogP contribution in [0.15, 0.2) is 71.6 Å². The lowest BCUT2D eigenvalue weighted by Gasteiger charge is -2.25. The fourth-order valence-corrected chi connectivity index (χ4v) is 5.07. The highest BCUT2D eigenvalue weighted by atomic mass is 35.5. The molecule has 0 radical (unpaired) electrons. The van der Waals surface area contributed by atoms with E-state index in [1.54, 1.807) is 36.4 Å². The fraction of sp³-hybridized carbons (Fsp3) is 0.231. The number of methoxy groups -OCH3 is 1. The van der Waals surface area contributed by atoms with Gasteiger partial charge < -0.3 is 15.4 Å². The molecule has 0 saturated carbocycles. The summed E-state index contributed by atoms with van der Waals surface area (Å²) in [6.07, 6.45) is 0.760. The SMILES string of the molecule is CCCNC(=O)c1ccccc1NC(=O)CN(c1ccc(OC)c(Cl)c1)S(=O)(=O)c1ccc(C)cc1. The highest BCUT2D eigenvalue weighted by Gasteiger charge is 2.28. The Morgan fingerprint density at radius 1 is 1.03 bits per heavy atom. The van der Waals surface area contributed by atoms with Crippen LogP contribution in [0.3, 0.4) is 0 Å². The van der Waals surface area contributed by atoms with E-state index in [1.807, 2.05) is 13.8 Å². The van der Waals surface area contributed by atoms with Gasteiger partial charge in [-0.05, 0) is 55.8 Å². The van der Waals surface area contributed by atoms with Gasteiger partial charge in [0.2, 0.25) is 5.91 Å². The van der Waals surface area contributed by atoms with Gasteiger partial charge in [-0.3, -0.25) is 13.9 Å². The predicted molar refractivity (Wildman–Crippen MR) is 141 cm³/mol. The molecule has 8 nitrogen and oxygen atoms in total. The summed E-state index contributed by atoms with van der Waals surface area (Å²) in [4.78, 5) is 25.7. The number of carbonyl (C=O) groups is 2. The molecule has 0 spiro atoms. The van der Waals surface area contributed by atoms with Gasteiger partial charge in [-0.2, -0.15) is 0 Å². The van der Waals surface area contributed by atoms with Crippen LogP contribution in [0.25, 0.3) is 0 Å². The number of hydrogen-bond acceptors (Lipinski definition) is 5. The molecular formula is C26H28ClN3O5S. The maximum Gasteiger partial charge on any atom is 0.264 e. The Balaban J connectivity index is 1.95. The normalized spacial score (nSPS) is 11.0. The highest BCUT2D eigenvalue weighted by molar-refractivity contribution is 7.92. The summed E-state index contributed by atoms with van der Waals surface area (Å²) < 4.78 is 33.3. The van der Waals surface area contributed by atoms with Crippen LogP contribution in [0.4, 0.5) is 11.4 Å². The Labute approximate surface area is 216 Å². The van der Waals surface area contributed by atoms with Crippen molar-refractivity contribution in [2.45, 2.75) is 25.2 Å². The van der Waals surface area contributed by atoms with Crippen molar-refractivity contribution in [3.8, 4) is 5.75 Å². The number of nitrogens with one attached hydrogen (secondary N) is 2. The molecule has 0 aliphatic rings. The fourth-order valence-electron chi connectivity index (χ4n) is 3.41. The Morgan fingerprint density at radius 2 is 1.72 bits per heavy atom. The lowest BCUT2D eigenvalue weighted by atomic mass is 10.1. The second-order valence-electron chi connectivity index (χ2n) is 7.99. The van der Waals surface area contributed by atoms with E-state index in [-0.39, 0.29) is 32.8 Å². The number of rotatable bonds is 10. The van der Waals surface area contributed by atoms with Crippen molar-refractivity contribution in [2.75, 3.05) is 29.8 Å². The molecule has 2 amide bonds. The van der Waals surface area contributed by atoms with Crippen molar-refractivity contribution in [1.82, 2.24) is 5.32 Å². The number of amides is 2. The van der Waals surface area contributed by atoms with Gasteiger partial charge in [0.1, 0.15) is 12.3 Å². The molecule has 10 heteroatoms. The van der Waals surface area contributed by atoms with Crippen molar-refractivity contribution in [1.29, 1.82) is 0 Å². The topological polar surface area (TPSA) is 105 Å². The zero-order valence-corrected chi connectivity index (χ0v) is 21.8. The maximum atomic E-state index is 13.6. The van der Waals surface area contributed by atoms with Gasteiger partial charge in [-0.1, -0.05) is 48.4 Å². The standard InChI is InChI=1S/C26H28ClN3O5S/c1-4-15-28-26(32)21-7-5-6-8-23(21)29-25(31)17-30(19-11-14-24(35-3)22(27)16-19)36(33,34)20-12-9-18(2)10-13-20/h5-14,16H,4,15,17H2,1-3H3,(H,28,32)(H,29,31). The number of sulfonamides is 1. The third kappa shape index (κ3) is 6.35. The number of benzene rings is 3. The maximum absolute atomic E-state index is 13.6. The van der Waals surface area contributed by atoms with E-state index in [0.29, 0.717) is 12.3 Å². The summed E-state index contributed by atoms with van der Waals surface area (Å²) in [6.45, 7) is 3.72. The van der Waals surface area contributed by atoms with Gasteiger partial charge in [-0.15, -0.1) is 0 Å². The summed E-state index contributed by atoms with van der Waals surface area (Å²) in [5.41, 5.74) is 1.63. The Bertz CT molecular complexity index is 1340. The number of hydrogen-bond donors (Lipinski definition) is 2. The number of anilines is 2. The minimum absolute atomic E-state index is 0.0205. The van der Waals surface area contributed by atoms with E-state index in [0.717, 1.165) is 16.3 Å². The molecule has 0 fully saturated rings. The quantitative estimate of drug-likeness (QED) is 0.398. The van der Waals surface area contributed by atoms with E-state index < -0.39 is 22.5 Å². The summed E-state index contributed by atoms with van der Waals surface area (Å²) in [5, 5.41) is 5.64. The second kappa shape index (κ2) is 11.9. The van der Waals surface area contributed by atoms with Crippen molar-refractivity contribution in [3.05, 3.63) is 82.9 Å². The molecular weight excluding hydrogens is 502 g/mol. The van der Waals surface area contributed by atoms with Crippen LogP contribution in [-0.4, -0.2) is 40.4 Å². The van der Waals surface area contributed by atoms with Gasteiger partial charge in [-0.25, -0.2) is 8.42 Å².